The molecule has 10 atom stereocenters. The Morgan fingerprint density at radius 1 is 0.844 bits per heavy atom. The van der Waals surface area contributed by atoms with Crippen molar-refractivity contribution >= 4 is 0 Å². The highest BCUT2D eigenvalue weighted by atomic mass is 16.7. The summed E-state index contributed by atoms with van der Waals surface area (Å²) in [4.78, 5) is 0. The molecule has 32 heavy (non-hydrogen) atoms. The van der Waals surface area contributed by atoms with Crippen LogP contribution in [0.1, 0.15) is 18.9 Å². The molecule has 1 aromatic carbocycles. The molecule has 0 radical (unpaired) electrons. The highest BCUT2D eigenvalue weighted by molar-refractivity contribution is 5.27. The number of ether oxygens (including phenoxy) is 4. The number of aliphatic hydroxyl groups excluding tert-OH is 7. The van der Waals surface area contributed by atoms with E-state index in [4.69, 9.17) is 24.1 Å². The van der Waals surface area contributed by atoms with Gasteiger partial charge in [0.05, 0.1) is 19.3 Å². The molecule has 0 unspecified atom stereocenters. The average molecular weight is 460 g/mol. The summed E-state index contributed by atoms with van der Waals surface area (Å²) < 4.78 is 21.8. The number of aryl methyl sites for hydroxylation is 1. The molecule has 2 aliphatic heterocycles. The maximum Gasteiger partial charge on any atom is 0.229 e. The number of aliphatic hydroxyl groups is 7. The van der Waals surface area contributed by atoms with Crippen molar-refractivity contribution in [3.05, 3.63) is 29.8 Å². The molecule has 7 N–H and O–H groups in total. The Kier molecular flexibility index (Phi) is 8.81. The molecule has 0 aromatic heterocycles. The van der Waals surface area contributed by atoms with E-state index in [1.165, 1.54) is 0 Å². The molecule has 2 saturated heterocycles. The van der Waals surface area contributed by atoms with Crippen molar-refractivity contribution in [2.75, 3.05) is 13.2 Å². The normalized spacial score (nSPS) is 38.6. The third-order valence-corrected chi connectivity index (χ3v) is 5.62. The lowest BCUT2D eigenvalue weighted by molar-refractivity contribution is -0.290. The van der Waals surface area contributed by atoms with Crippen molar-refractivity contribution in [1.82, 2.24) is 0 Å². The standard InChI is InChI=1S/C21H32O11/c1-10(23)2-3-11-4-6-12(7-5-11)30-21-19(28)17(26)16(25)14(32-21)9-29-20-18(27)15(24)13(8-22)31-20/h4-7,10,13-28H,2-3,8-9H2,1H3/t10-,13+,14-,15+,16-,17+,18-,19-,20-,21-/m1/s1. The first-order valence-electron chi connectivity index (χ1n) is 10.6. The smallest absolute Gasteiger partial charge is 0.229 e. The Bertz CT molecular complexity index is 699. The summed E-state index contributed by atoms with van der Waals surface area (Å²) in [5.74, 6) is 0.363. The third-order valence-electron chi connectivity index (χ3n) is 5.62. The first kappa shape index (κ1) is 25.2. The van der Waals surface area contributed by atoms with Gasteiger partial charge in [-0.25, -0.2) is 0 Å². The molecule has 0 saturated carbocycles. The van der Waals surface area contributed by atoms with Crippen LogP contribution in [0.5, 0.6) is 5.75 Å². The fraction of sp³-hybridized carbons (Fsp3) is 0.714. The summed E-state index contributed by atoms with van der Waals surface area (Å²) in [6.07, 6.45) is -11.2. The monoisotopic (exact) mass is 460 g/mol. The topological polar surface area (TPSA) is 179 Å². The van der Waals surface area contributed by atoms with Crippen molar-refractivity contribution < 1.29 is 54.7 Å². The summed E-state index contributed by atoms with van der Waals surface area (Å²) >= 11 is 0. The van der Waals surface area contributed by atoms with Crippen LogP contribution in [0.3, 0.4) is 0 Å². The van der Waals surface area contributed by atoms with Crippen LogP contribution in [0.25, 0.3) is 0 Å². The zero-order valence-corrected chi connectivity index (χ0v) is 17.7. The van der Waals surface area contributed by atoms with Crippen LogP contribution in [0.15, 0.2) is 24.3 Å². The van der Waals surface area contributed by atoms with Gasteiger partial charge < -0.3 is 54.7 Å². The Labute approximate surface area is 185 Å². The highest BCUT2D eigenvalue weighted by Crippen LogP contribution is 2.27. The Morgan fingerprint density at radius 2 is 1.44 bits per heavy atom. The summed E-state index contributed by atoms with van der Waals surface area (Å²) in [6.45, 7) is 0.848. The first-order chi connectivity index (χ1) is 15.2. The summed E-state index contributed by atoms with van der Waals surface area (Å²) in [7, 11) is 0. The number of hydrogen-bond donors (Lipinski definition) is 7. The molecule has 11 nitrogen and oxygen atoms in total. The van der Waals surface area contributed by atoms with Crippen LogP contribution in [-0.2, 0) is 20.6 Å². The van der Waals surface area contributed by atoms with Gasteiger partial charge in [-0.3, -0.25) is 0 Å². The summed E-state index contributed by atoms with van der Waals surface area (Å²) in [5.41, 5.74) is 0.989. The maximum atomic E-state index is 10.3. The van der Waals surface area contributed by atoms with Crippen LogP contribution < -0.4 is 4.74 Å². The van der Waals surface area contributed by atoms with Gasteiger partial charge in [-0.15, -0.1) is 0 Å². The van der Waals surface area contributed by atoms with Crippen LogP contribution in [-0.4, -0.2) is 110 Å². The minimum Gasteiger partial charge on any atom is -0.462 e. The predicted molar refractivity (Wildman–Crippen MR) is 107 cm³/mol. The van der Waals surface area contributed by atoms with E-state index in [2.05, 4.69) is 0 Å². The first-order valence-corrected chi connectivity index (χ1v) is 10.6. The van der Waals surface area contributed by atoms with E-state index in [9.17, 15) is 30.6 Å². The molecule has 0 aliphatic carbocycles. The van der Waals surface area contributed by atoms with Gasteiger partial charge in [0.1, 0.15) is 48.5 Å². The molecule has 3 rings (SSSR count). The van der Waals surface area contributed by atoms with E-state index < -0.39 is 68.0 Å². The zero-order valence-electron chi connectivity index (χ0n) is 17.7. The van der Waals surface area contributed by atoms with Crippen LogP contribution in [0.4, 0.5) is 0 Å². The second kappa shape index (κ2) is 11.2. The Balaban J connectivity index is 1.58. The fourth-order valence-corrected chi connectivity index (χ4v) is 3.59. The fourth-order valence-electron chi connectivity index (χ4n) is 3.59. The van der Waals surface area contributed by atoms with Crippen molar-refractivity contribution in [2.45, 2.75) is 81.2 Å². The Morgan fingerprint density at radius 3 is 2.03 bits per heavy atom. The lowest BCUT2D eigenvalue weighted by Gasteiger charge is -2.40. The minimum atomic E-state index is -1.59. The van der Waals surface area contributed by atoms with Crippen LogP contribution in [0, 0.1) is 0 Å². The van der Waals surface area contributed by atoms with Gasteiger partial charge >= 0.3 is 0 Å². The summed E-state index contributed by atoms with van der Waals surface area (Å²) in [6, 6.07) is 6.94. The van der Waals surface area contributed by atoms with E-state index in [1.54, 1.807) is 31.2 Å². The molecule has 2 fully saturated rings. The van der Waals surface area contributed by atoms with Gasteiger partial charge in [-0.05, 0) is 37.5 Å². The van der Waals surface area contributed by atoms with Crippen LogP contribution in [0.2, 0.25) is 0 Å². The second-order valence-corrected chi connectivity index (χ2v) is 8.20. The zero-order chi connectivity index (χ0) is 23.4. The average Bonchev–Trinajstić information content (AvgIpc) is 3.06. The SMILES string of the molecule is C[C@@H](O)CCc1ccc(O[C@@H]2O[C@H](CO[C@@H]3O[C@@H](CO)[C@H](O)[C@H]3O)[C@@H](O)[C@H](O)[C@H]2O)cc1. The molecular weight excluding hydrogens is 428 g/mol. The largest absolute Gasteiger partial charge is 0.462 e. The second-order valence-electron chi connectivity index (χ2n) is 8.20. The number of benzene rings is 1. The molecular formula is C21H32O11. The molecule has 1 aromatic rings. The van der Waals surface area contributed by atoms with E-state index in [-0.39, 0.29) is 6.61 Å². The number of rotatable bonds is 9. The highest BCUT2D eigenvalue weighted by Gasteiger charge is 2.47. The van der Waals surface area contributed by atoms with Gasteiger partial charge in [-0.2, -0.15) is 0 Å². The quantitative estimate of drug-likeness (QED) is 0.210. The van der Waals surface area contributed by atoms with E-state index in [1.807, 2.05) is 0 Å². The van der Waals surface area contributed by atoms with Crippen molar-refractivity contribution in [3.63, 3.8) is 0 Å². The van der Waals surface area contributed by atoms with Crippen molar-refractivity contribution in [3.8, 4) is 5.75 Å². The lowest BCUT2D eigenvalue weighted by atomic mass is 9.99. The van der Waals surface area contributed by atoms with Gasteiger partial charge in [-0.1, -0.05) is 12.1 Å². The van der Waals surface area contributed by atoms with E-state index in [0.29, 0.717) is 18.6 Å². The summed E-state index contributed by atoms with van der Waals surface area (Å²) in [5, 5.41) is 68.9. The van der Waals surface area contributed by atoms with Gasteiger partial charge in [0.25, 0.3) is 0 Å². The maximum absolute atomic E-state index is 10.3. The van der Waals surface area contributed by atoms with E-state index in [0.717, 1.165) is 5.56 Å². The third kappa shape index (κ3) is 5.94. The molecule has 2 aliphatic rings. The van der Waals surface area contributed by atoms with Crippen molar-refractivity contribution in [1.29, 1.82) is 0 Å². The lowest BCUT2D eigenvalue weighted by Crippen LogP contribution is -2.60. The molecule has 182 valence electrons. The van der Waals surface area contributed by atoms with E-state index >= 15 is 0 Å². The Hall–Kier alpha value is -1.38. The molecule has 11 heteroatoms. The van der Waals surface area contributed by atoms with Gasteiger partial charge in [0.2, 0.25) is 6.29 Å². The molecule has 0 bridgehead atoms. The molecule has 0 amide bonds. The van der Waals surface area contributed by atoms with Gasteiger partial charge in [0.15, 0.2) is 6.29 Å². The molecule has 0 spiro atoms. The van der Waals surface area contributed by atoms with Crippen molar-refractivity contribution in [2.24, 2.45) is 0 Å². The van der Waals surface area contributed by atoms with Gasteiger partial charge in [0, 0.05) is 0 Å². The number of hydrogen-bond acceptors (Lipinski definition) is 11. The minimum absolute atomic E-state index is 0.352. The predicted octanol–water partition coefficient (Wildman–Crippen LogP) is -2.36. The molecule has 2 heterocycles. The van der Waals surface area contributed by atoms with Crippen LogP contribution >= 0.6 is 0 Å².